The summed E-state index contributed by atoms with van der Waals surface area (Å²) in [7, 11) is 0. The number of hydrogen-bond donors (Lipinski definition) is 6. The molecule has 0 bridgehead atoms. The molecule has 16 N–H and O–H groups in total. The van der Waals surface area contributed by atoms with E-state index in [9.17, 15) is 0 Å². The van der Waals surface area contributed by atoms with Gasteiger partial charge in [0.1, 0.15) is 34.9 Å². The molecule has 134 heavy (non-hydrogen) atoms. The van der Waals surface area contributed by atoms with Gasteiger partial charge in [0.25, 0.3) is 0 Å². The minimum Gasteiger partial charge on any atom is -0.355 e. The fourth-order valence-corrected chi connectivity index (χ4v) is 14.9. The standard InChI is InChI=1S/2C19H18N4.2C19H15N3.C16H10.4C3H8N4/c2*1-13(20)11-23-12-18(21-22-23)19-16-8-4-2-6-14(16)10-15-7-3-5-9-17(15)19;2*1-2-11-22-13-18(20-21-22)19-16-9-5-3-7-14(16)12-15-8-4-6-10-17(15)19;1-2-14-15-9-5-3-7-12(15)11-13-8-4-6-10-16(13)14;4*1-3(4)2-6-7-5/h2*2-10,12-13H,11,20H2,1H3;2*2-13H,1H3;1,3-11H;4*3H,2,4H2,1H3/p+4/b;;2*11-2+;;;;;. The van der Waals surface area contributed by atoms with E-state index in [-0.39, 0.29) is 24.2 Å². The fraction of sp³-hybridized carbons (Fsp3) is 0.192. The monoisotopic (exact) mass is 1780 g/mol. The Labute approximate surface area is 776 Å². The van der Waals surface area contributed by atoms with E-state index in [0.29, 0.717) is 38.3 Å². The molecule has 0 radical (unpaired) electrons. The lowest BCUT2D eigenvalue weighted by Gasteiger charge is -2.09. The van der Waals surface area contributed by atoms with Gasteiger partial charge in [-0.2, -0.15) is 0 Å². The van der Waals surface area contributed by atoms with Crippen LogP contribution in [0.5, 0.6) is 0 Å². The van der Waals surface area contributed by atoms with Crippen LogP contribution in [0.25, 0.3) is 207 Å². The normalized spacial score (nSPS) is 12.0. The third-order valence-electron chi connectivity index (χ3n) is 20.5. The Balaban J connectivity index is 0.000000151. The zero-order chi connectivity index (χ0) is 95.3. The van der Waals surface area contributed by atoms with Crippen LogP contribution in [0, 0.1) is 12.3 Å². The van der Waals surface area contributed by atoms with Crippen molar-refractivity contribution in [2.24, 2.45) is 31.9 Å². The summed E-state index contributed by atoms with van der Waals surface area (Å²) in [5.41, 5.74) is 65.8. The molecule has 4 aromatic heterocycles. The highest BCUT2D eigenvalue weighted by molar-refractivity contribution is 6.16. The Morgan fingerprint density at radius 3 is 0.724 bits per heavy atom. The van der Waals surface area contributed by atoms with Crippen molar-refractivity contribution in [3.63, 3.8) is 0 Å². The molecule has 0 amide bonds. The molecular weight excluding hydrogens is 1670 g/mol. The van der Waals surface area contributed by atoms with Crippen molar-refractivity contribution in [3.05, 3.63) is 357 Å². The van der Waals surface area contributed by atoms with Gasteiger partial charge in [-0.15, -0.1) is 26.8 Å². The zero-order valence-corrected chi connectivity index (χ0v) is 76.6. The second kappa shape index (κ2) is 49.9. The van der Waals surface area contributed by atoms with E-state index in [1.807, 2.05) is 111 Å². The van der Waals surface area contributed by atoms with Crippen molar-refractivity contribution in [3.8, 4) is 57.4 Å². The van der Waals surface area contributed by atoms with Crippen LogP contribution in [0.2, 0.25) is 0 Å². The van der Waals surface area contributed by atoms with Crippen molar-refractivity contribution >= 4 is 120 Å². The predicted molar refractivity (Wildman–Crippen MR) is 546 cm³/mol. The number of fused-ring (bicyclic) bond motifs is 10. The lowest BCUT2D eigenvalue weighted by molar-refractivity contribution is -0.417. The molecule has 19 rings (SSSR count). The maximum Gasteiger partial charge on any atom is 0.114 e. The van der Waals surface area contributed by atoms with E-state index >= 15 is 0 Å². The number of nitrogens with two attached hydrogens (primary N) is 2. The van der Waals surface area contributed by atoms with Gasteiger partial charge in [0.2, 0.25) is 0 Å². The van der Waals surface area contributed by atoms with Gasteiger partial charge < -0.3 is 34.4 Å². The van der Waals surface area contributed by atoms with Crippen LogP contribution < -0.4 is 34.4 Å². The lowest BCUT2D eigenvalue weighted by atomic mass is 9.95. The Kier molecular flexibility index (Phi) is 36.5. The first kappa shape index (κ1) is 98.1. The molecular formula is C104H112N30+4. The summed E-state index contributed by atoms with van der Waals surface area (Å²) in [6.45, 7) is 18.8. The third-order valence-corrected chi connectivity index (χ3v) is 20.5. The molecule has 19 aromatic rings. The zero-order valence-electron chi connectivity index (χ0n) is 76.6. The highest BCUT2D eigenvalue weighted by Gasteiger charge is 2.19. The summed E-state index contributed by atoms with van der Waals surface area (Å²) in [6.07, 6.45) is 21.3. The largest absolute Gasteiger partial charge is 0.355 e. The summed E-state index contributed by atoms with van der Waals surface area (Å²) in [6, 6.07) is 96.1. The Morgan fingerprint density at radius 1 is 0.321 bits per heavy atom. The number of rotatable bonds is 18. The van der Waals surface area contributed by atoms with E-state index in [4.69, 9.17) is 40.0 Å². The van der Waals surface area contributed by atoms with E-state index in [0.717, 1.165) is 74.5 Å². The molecule has 0 aliphatic carbocycles. The average Bonchev–Trinajstić information content (AvgIpc) is 1.38. The molecule has 6 atom stereocenters. The van der Waals surface area contributed by atoms with E-state index in [1.165, 1.54) is 97.0 Å². The van der Waals surface area contributed by atoms with Crippen molar-refractivity contribution in [1.82, 2.24) is 60.0 Å². The van der Waals surface area contributed by atoms with Gasteiger partial charge in [0.05, 0.1) is 63.1 Å². The maximum absolute atomic E-state index is 7.75. The third kappa shape index (κ3) is 26.8. The van der Waals surface area contributed by atoms with Crippen LogP contribution in [-0.4, -0.2) is 122 Å². The van der Waals surface area contributed by atoms with E-state index in [2.05, 4.69) is 373 Å². The molecule has 30 heteroatoms. The Morgan fingerprint density at radius 2 is 0.530 bits per heavy atom. The number of allylic oxidation sites excluding steroid dienone is 2. The summed E-state index contributed by atoms with van der Waals surface area (Å²) in [5.74, 6) is 2.81. The number of quaternary nitrogens is 4. The first-order valence-electron chi connectivity index (χ1n) is 43.9. The molecule has 0 fully saturated rings. The van der Waals surface area contributed by atoms with Crippen molar-refractivity contribution in [2.75, 3.05) is 26.2 Å². The highest BCUT2D eigenvalue weighted by Crippen LogP contribution is 2.40. The van der Waals surface area contributed by atoms with Gasteiger partial charge in [0, 0.05) is 85.0 Å². The molecule has 15 aromatic carbocycles. The second-order valence-corrected chi connectivity index (χ2v) is 32.4. The van der Waals surface area contributed by atoms with Crippen LogP contribution in [0.3, 0.4) is 0 Å². The van der Waals surface area contributed by atoms with Crippen molar-refractivity contribution in [1.29, 1.82) is 0 Å². The van der Waals surface area contributed by atoms with Crippen molar-refractivity contribution < 1.29 is 22.9 Å². The van der Waals surface area contributed by atoms with Crippen molar-refractivity contribution in [2.45, 2.75) is 105 Å². The SMILES string of the molecule is C#Cc1c2ccccc2cc2ccccc12.C/C=C/n1cc(-c2c3ccccc3cc3ccccc23)nn1.C/C=C/n1cc(-c2c3ccccc3cc3ccccc23)nn1.CC(N)CN=[N+]=[N-].CC(N)CN=[N+]=[N-].CC([NH3+])CN=[N+]=[N-].CC([NH3+])CN=[N+]=[N-].CC([NH3+])Cn1cc(-c2c3ccccc3cc3ccccc23)nn1.CC([NH3+])Cn1cc(-c2c3ccccc3cc3ccccc23)nn1. The summed E-state index contributed by atoms with van der Waals surface area (Å²) < 4.78 is 7.24. The van der Waals surface area contributed by atoms with E-state index in [1.54, 1.807) is 23.2 Å². The van der Waals surface area contributed by atoms with Crippen LogP contribution in [0.4, 0.5) is 0 Å². The maximum atomic E-state index is 7.75. The summed E-state index contributed by atoms with van der Waals surface area (Å²) in [5, 5.41) is 71.6. The number of benzene rings is 15. The second-order valence-electron chi connectivity index (χ2n) is 32.4. The molecule has 0 aliphatic rings. The molecule has 0 spiro atoms. The predicted octanol–water partition coefficient (Wildman–Crippen LogP) is 20.4. The molecule has 0 aliphatic heterocycles. The fourth-order valence-electron chi connectivity index (χ4n) is 14.9. The lowest BCUT2D eigenvalue weighted by Crippen LogP contribution is -2.60. The van der Waals surface area contributed by atoms with Crippen LogP contribution in [-0.2, 0) is 13.1 Å². The topological polar surface area (TPSA) is 480 Å². The summed E-state index contributed by atoms with van der Waals surface area (Å²) >= 11 is 0. The van der Waals surface area contributed by atoms with Gasteiger partial charge in [-0.3, -0.25) is 0 Å². The van der Waals surface area contributed by atoms with Gasteiger partial charge in [0.15, 0.2) is 0 Å². The number of azide groups is 4. The quantitative estimate of drug-likeness (QED) is 0.0155. The molecule has 30 nitrogen and oxygen atoms in total. The highest BCUT2D eigenvalue weighted by atomic mass is 15.4. The van der Waals surface area contributed by atoms with Crippen LogP contribution in [0.1, 0.15) is 61.0 Å². The number of nitrogens with zero attached hydrogens (tertiary/aromatic N) is 24. The molecule has 4 heterocycles. The number of hydrogen-bond acceptors (Lipinski definition) is 14. The molecule has 6 unspecified atom stereocenters. The van der Waals surface area contributed by atoms with Crippen LogP contribution >= 0.6 is 0 Å². The summed E-state index contributed by atoms with van der Waals surface area (Å²) in [4.78, 5) is 10.2. The first-order chi connectivity index (χ1) is 65.1. The molecule has 0 saturated carbocycles. The van der Waals surface area contributed by atoms with Gasteiger partial charge in [-0.05, 0) is 216 Å². The average molecular weight is 1780 g/mol. The molecule has 674 valence electrons. The first-order valence-corrected chi connectivity index (χ1v) is 43.9. The molecule has 0 saturated heterocycles. The van der Waals surface area contributed by atoms with Gasteiger partial charge in [-0.25, -0.2) is 18.7 Å². The van der Waals surface area contributed by atoms with Gasteiger partial charge in [-0.1, -0.05) is 302 Å². The Bertz CT molecular complexity index is 6770. The number of terminal acetylenes is 1. The van der Waals surface area contributed by atoms with E-state index < -0.39 is 0 Å². The van der Waals surface area contributed by atoms with Gasteiger partial charge >= 0.3 is 0 Å². The Hall–Kier alpha value is -16.5. The minimum atomic E-state index is -0.0177. The smallest absolute Gasteiger partial charge is 0.114 e. The minimum absolute atomic E-state index is 0.0177. The number of aromatic nitrogens is 12. The van der Waals surface area contributed by atoms with Crippen LogP contribution in [0.15, 0.2) is 330 Å².